The molecule has 1 fully saturated rings. The molecule has 1 saturated carbocycles. The number of rotatable bonds is 4. The first kappa shape index (κ1) is 18.6. The Hall–Kier alpha value is -2.77. The first-order chi connectivity index (χ1) is 13.5. The van der Waals surface area contributed by atoms with Crippen molar-refractivity contribution in [2.24, 2.45) is 5.73 Å². The number of aliphatic hydroxyl groups is 1. The van der Waals surface area contributed by atoms with Crippen molar-refractivity contribution >= 4 is 11.6 Å². The predicted octanol–water partition coefficient (Wildman–Crippen LogP) is 2.91. The van der Waals surface area contributed by atoms with Gasteiger partial charge in [0.05, 0.1) is 12.5 Å². The van der Waals surface area contributed by atoms with Crippen molar-refractivity contribution in [3.8, 4) is 11.5 Å². The van der Waals surface area contributed by atoms with Gasteiger partial charge in [0.2, 0.25) is 17.7 Å². The summed E-state index contributed by atoms with van der Waals surface area (Å²) < 4.78 is 5.92. The Balaban J connectivity index is 1.52. The normalized spacial score (nSPS) is 24.2. The van der Waals surface area contributed by atoms with E-state index in [-0.39, 0.29) is 18.4 Å². The quantitative estimate of drug-likeness (QED) is 0.751. The molecule has 1 heterocycles. The van der Waals surface area contributed by atoms with Crippen LogP contribution in [-0.2, 0) is 4.79 Å². The van der Waals surface area contributed by atoms with Gasteiger partial charge < -0.3 is 20.6 Å². The van der Waals surface area contributed by atoms with Gasteiger partial charge in [-0.2, -0.15) is 0 Å². The van der Waals surface area contributed by atoms with Gasteiger partial charge in [0, 0.05) is 23.7 Å². The van der Waals surface area contributed by atoms with Crippen LogP contribution in [0.1, 0.15) is 44.4 Å². The standard InChI is InChI=1S/C21H24N4O3/c1-13(27)23-18-6-4-15(5-7-18)19-24-25-20(28-19)16-3-2-14-8-9-21(22,12-26)11-17(14)10-16/h2,4-7,10,16,26H,3,8-9,11-12,22H2,1H3,(H,23,27)/t16?,21-/m0/s1. The van der Waals surface area contributed by atoms with Crippen molar-refractivity contribution < 1.29 is 14.3 Å². The first-order valence-electron chi connectivity index (χ1n) is 9.47. The monoisotopic (exact) mass is 380 g/mol. The summed E-state index contributed by atoms with van der Waals surface area (Å²) in [6, 6.07) is 7.28. The summed E-state index contributed by atoms with van der Waals surface area (Å²) in [5.41, 5.74) is 9.75. The van der Waals surface area contributed by atoms with Crippen LogP contribution < -0.4 is 11.1 Å². The summed E-state index contributed by atoms with van der Waals surface area (Å²) in [5, 5.41) is 20.7. The van der Waals surface area contributed by atoms with E-state index in [2.05, 4.69) is 27.7 Å². The molecular formula is C21H24N4O3. The SMILES string of the molecule is CC(=O)Nc1ccc(-c2nnc(C3C=C4C[C@](N)(CO)CCC4=CC3)o2)cc1. The van der Waals surface area contributed by atoms with E-state index in [1.54, 1.807) is 12.1 Å². The number of hydrogen-bond acceptors (Lipinski definition) is 6. The predicted molar refractivity (Wildman–Crippen MR) is 105 cm³/mol. The summed E-state index contributed by atoms with van der Waals surface area (Å²) in [6.07, 6.45) is 7.56. The Morgan fingerprint density at radius 3 is 2.82 bits per heavy atom. The highest BCUT2D eigenvalue weighted by atomic mass is 16.4. The third-order valence-corrected chi connectivity index (χ3v) is 5.39. The fraction of sp³-hybridized carbons (Fsp3) is 0.381. The first-order valence-corrected chi connectivity index (χ1v) is 9.47. The molecule has 7 heteroatoms. The van der Waals surface area contributed by atoms with E-state index < -0.39 is 5.54 Å². The van der Waals surface area contributed by atoms with E-state index in [1.165, 1.54) is 18.1 Å². The number of carbonyl (C=O) groups is 1. The molecule has 1 aromatic heterocycles. The molecule has 0 saturated heterocycles. The minimum absolute atomic E-state index is 0.0124. The molecule has 4 N–H and O–H groups in total. The number of aliphatic hydroxyl groups excluding tert-OH is 1. The van der Waals surface area contributed by atoms with Crippen LogP contribution in [0.2, 0.25) is 0 Å². The number of fused-ring (bicyclic) bond motifs is 1. The molecule has 0 radical (unpaired) electrons. The summed E-state index contributed by atoms with van der Waals surface area (Å²) in [5.74, 6) is 0.918. The van der Waals surface area contributed by atoms with Crippen LogP contribution >= 0.6 is 0 Å². The third kappa shape index (κ3) is 3.76. The number of hydrogen-bond donors (Lipinski definition) is 3. The maximum atomic E-state index is 11.1. The zero-order valence-corrected chi connectivity index (χ0v) is 15.8. The molecule has 2 atom stereocenters. The topological polar surface area (TPSA) is 114 Å². The van der Waals surface area contributed by atoms with Crippen molar-refractivity contribution in [2.45, 2.75) is 44.1 Å². The Morgan fingerprint density at radius 2 is 2.11 bits per heavy atom. The lowest BCUT2D eigenvalue weighted by Crippen LogP contribution is -2.46. The number of nitrogens with one attached hydrogen (secondary N) is 1. The Morgan fingerprint density at radius 1 is 1.32 bits per heavy atom. The molecule has 4 rings (SSSR count). The third-order valence-electron chi connectivity index (χ3n) is 5.39. The maximum absolute atomic E-state index is 11.1. The number of carbonyl (C=O) groups excluding carboxylic acids is 1. The Kier molecular flexibility index (Phi) is 4.87. The number of benzene rings is 1. The highest BCUT2D eigenvalue weighted by Gasteiger charge is 2.34. The van der Waals surface area contributed by atoms with Crippen LogP contribution in [0.15, 0.2) is 52.0 Å². The highest BCUT2D eigenvalue weighted by molar-refractivity contribution is 5.88. The molecule has 0 aliphatic heterocycles. The molecule has 0 bridgehead atoms. The largest absolute Gasteiger partial charge is 0.420 e. The maximum Gasteiger partial charge on any atom is 0.247 e. The number of amides is 1. The highest BCUT2D eigenvalue weighted by Crippen LogP contribution is 2.40. The van der Waals surface area contributed by atoms with Crippen LogP contribution in [0.5, 0.6) is 0 Å². The lowest BCUT2D eigenvalue weighted by Gasteiger charge is -2.36. The van der Waals surface area contributed by atoms with Gasteiger partial charge in [-0.1, -0.05) is 12.2 Å². The van der Waals surface area contributed by atoms with Gasteiger partial charge in [0.25, 0.3) is 0 Å². The van der Waals surface area contributed by atoms with Crippen molar-refractivity contribution in [2.75, 3.05) is 11.9 Å². The molecular weight excluding hydrogens is 356 g/mol. The lowest BCUT2D eigenvalue weighted by atomic mass is 9.74. The van der Waals surface area contributed by atoms with Crippen molar-refractivity contribution in [1.29, 1.82) is 0 Å². The molecule has 2 aromatic rings. The van der Waals surface area contributed by atoms with Gasteiger partial charge in [-0.05, 0) is 61.1 Å². The number of aromatic nitrogens is 2. The molecule has 1 unspecified atom stereocenters. The Bertz CT molecular complexity index is 945. The molecule has 146 valence electrons. The van der Waals surface area contributed by atoms with Crippen molar-refractivity contribution in [1.82, 2.24) is 10.2 Å². The average Bonchev–Trinajstić information content (AvgIpc) is 3.18. The number of allylic oxidation sites excluding steroid dienone is 3. The summed E-state index contributed by atoms with van der Waals surface area (Å²) in [4.78, 5) is 11.1. The van der Waals surface area contributed by atoms with Gasteiger partial charge in [-0.25, -0.2) is 0 Å². The van der Waals surface area contributed by atoms with Crippen molar-refractivity contribution in [3.05, 3.63) is 53.5 Å². The molecule has 28 heavy (non-hydrogen) atoms. The van der Waals surface area contributed by atoms with Gasteiger partial charge >= 0.3 is 0 Å². The van der Waals surface area contributed by atoms with Gasteiger partial charge in [0.15, 0.2) is 0 Å². The van der Waals surface area contributed by atoms with Gasteiger partial charge in [-0.15, -0.1) is 10.2 Å². The second-order valence-electron chi connectivity index (χ2n) is 7.66. The lowest BCUT2D eigenvalue weighted by molar-refractivity contribution is -0.114. The second-order valence-corrected chi connectivity index (χ2v) is 7.66. The van der Waals surface area contributed by atoms with Crippen LogP contribution in [0.25, 0.3) is 11.5 Å². The zero-order chi connectivity index (χ0) is 19.7. The van der Waals surface area contributed by atoms with E-state index in [1.807, 2.05) is 12.1 Å². The average molecular weight is 380 g/mol. The van der Waals surface area contributed by atoms with E-state index in [9.17, 15) is 9.90 Å². The minimum Gasteiger partial charge on any atom is -0.420 e. The van der Waals surface area contributed by atoms with Crippen molar-refractivity contribution in [3.63, 3.8) is 0 Å². The van der Waals surface area contributed by atoms with Crippen LogP contribution in [0.3, 0.4) is 0 Å². The molecule has 0 spiro atoms. The second kappa shape index (κ2) is 7.33. The number of nitrogens with two attached hydrogens (primary N) is 1. The van der Waals surface area contributed by atoms with E-state index >= 15 is 0 Å². The number of anilines is 1. The van der Waals surface area contributed by atoms with Gasteiger partial charge in [0.1, 0.15) is 0 Å². The van der Waals surface area contributed by atoms with Crippen LogP contribution in [0.4, 0.5) is 5.69 Å². The van der Waals surface area contributed by atoms with E-state index in [4.69, 9.17) is 10.2 Å². The number of nitrogens with zero attached hydrogens (tertiary/aromatic N) is 2. The van der Waals surface area contributed by atoms with Crippen LogP contribution in [0, 0.1) is 0 Å². The fourth-order valence-corrected chi connectivity index (χ4v) is 3.81. The Labute approximate surface area is 163 Å². The summed E-state index contributed by atoms with van der Waals surface area (Å²) >= 11 is 0. The smallest absolute Gasteiger partial charge is 0.247 e. The molecule has 1 aromatic carbocycles. The molecule has 7 nitrogen and oxygen atoms in total. The van der Waals surface area contributed by atoms with E-state index in [0.29, 0.717) is 18.2 Å². The summed E-state index contributed by atoms with van der Waals surface area (Å²) in [7, 11) is 0. The van der Waals surface area contributed by atoms with Gasteiger partial charge in [-0.3, -0.25) is 4.79 Å². The fourth-order valence-electron chi connectivity index (χ4n) is 3.81. The molecule has 2 aliphatic rings. The summed E-state index contributed by atoms with van der Waals surface area (Å²) in [6.45, 7) is 1.46. The van der Waals surface area contributed by atoms with E-state index in [0.717, 1.165) is 30.5 Å². The molecule has 1 amide bonds. The molecule has 2 aliphatic carbocycles. The minimum atomic E-state index is -0.541. The zero-order valence-electron chi connectivity index (χ0n) is 15.8. The van der Waals surface area contributed by atoms with Crippen LogP contribution in [-0.4, -0.2) is 33.4 Å².